The van der Waals surface area contributed by atoms with E-state index in [0.29, 0.717) is 5.56 Å². The molecule has 0 aliphatic heterocycles. The van der Waals surface area contributed by atoms with Crippen LogP contribution in [0.2, 0.25) is 0 Å². The second-order valence-corrected chi connectivity index (χ2v) is 6.51. The van der Waals surface area contributed by atoms with Crippen LogP contribution in [0.4, 0.5) is 17.1 Å². The number of aromatic nitrogens is 1. The van der Waals surface area contributed by atoms with Crippen molar-refractivity contribution in [2.24, 2.45) is 0 Å². The number of carbonyl (C=O) groups excluding carboxylic acids is 1. The number of anilines is 3. The summed E-state index contributed by atoms with van der Waals surface area (Å²) in [6.45, 7) is 2.12. The number of nitrogens with one attached hydrogen (secondary N) is 2. The van der Waals surface area contributed by atoms with Crippen molar-refractivity contribution in [1.29, 1.82) is 0 Å². The normalized spacial score (nSPS) is 10.3. The maximum atomic E-state index is 12.4. The zero-order valence-corrected chi connectivity index (χ0v) is 15.4. The zero-order valence-electron chi connectivity index (χ0n) is 13.8. The molecule has 0 spiro atoms. The van der Waals surface area contributed by atoms with Gasteiger partial charge >= 0.3 is 0 Å². The number of halogens is 1. The third-order valence-electron chi connectivity index (χ3n) is 3.75. The second-order valence-electron chi connectivity index (χ2n) is 5.60. The molecular weight excluding hydrogens is 378 g/mol. The maximum Gasteiger partial charge on any atom is 0.257 e. The van der Waals surface area contributed by atoms with E-state index in [1.165, 1.54) is 5.56 Å². The standard InChI is InChI=1S/C20H18BrN3O/c1-2-14-3-7-17(8-4-14)23-19-11-15(12-22-13-19)20(25)24-18-9-5-16(21)6-10-18/h3-13,23H,2H2,1H3,(H,24,25). The summed E-state index contributed by atoms with van der Waals surface area (Å²) in [4.78, 5) is 16.6. The lowest BCUT2D eigenvalue weighted by Crippen LogP contribution is -2.12. The summed E-state index contributed by atoms with van der Waals surface area (Å²) in [5.41, 5.74) is 4.25. The van der Waals surface area contributed by atoms with Crippen LogP contribution < -0.4 is 10.6 Å². The molecule has 1 heterocycles. The van der Waals surface area contributed by atoms with Crippen LogP contribution >= 0.6 is 15.9 Å². The minimum absolute atomic E-state index is 0.195. The summed E-state index contributed by atoms with van der Waals surface area (Å²) in [6.07, 6.45) is 4.26. The fraction of sp³-hybridized carbons (Fsp3) is 0.100. The topological polar surface area (TPSA) is 54.0 Å². The van der Waals surface area contributed by atoms with Gasteiger partial charge in [0.2, 0.25) is 0 Å². The molecule has 2 aromatic carbocycles. The van der Waals surface area contributed by atoms with Gasteiger partial charge in [-0.1, -0.05) is 35.0 Å². The number of aryl methyl sites for hydroxylation is 1. The van der Waals surface area contributed by atoms with Gasteiger partial charge in [0, 0.05) is 22.0 Å². The highest BCUT2D eigenvalue weighted by Gasteiger charge is 2.08. The molecule has 0 saturated heterocycles. The zero-order chi connectivity index (χ0) is 17.6. The van der Waals surface area contributed by atoms with Crippen molar-refractivity contribution in [2.45, 2.75) is 13.3 Å². The van der Waals surface area contributed by atoms with Crippen molar-refractivity contribution in [3.8, 4) is 0 Å². The van der Waals surface area contributed by atoms with E-state index in [0.717, 1.165) is 28.0 Å². The second kappa shape index (κ2) is 7.94. The van der Waals surface area contributed by atoms with Gasteiger partial charge in [-0.15, -0.1) is 0 Å². The highest BCUT2D eigenvalue weighted by atomic mass is 79.9. The van der Waals surface area contributed by atoms with Crippen LogP contribution in [-0.2, 0) is 6.42 Å². The van der Waals surface area contributed by atoms with E-state index in [1.807, 2.05) is 36.4 Å². The fourth-order valence-corrected chi connectivity index (χ4v) is 2.62. The van der Waals surface area contributed by atoms with Crippen molar-refractivity contribution in [3.05, 3.63) is 82.6 Å². The summed E-state index contributed by atoms with van der Waals surface area (Å²) in [6, 6.07) is 17.4. The minimum Gasteiger partial charge on any atom is -0.354 e. The van der Waals surface area contributed by atoms with Crippen molar-refractivity contribution in [3.63, 3.8) is 0 Å². The van der Waals surface area contributed by atoms with Crippen LogP contribution in [0.5, 0.6) is 0 Å². The van der Waals surface area contributed by atoms with E-state index in [4.69, 9.17) is 0 Å². The average Bonchev–Trinajstić information content (AvgIpc) is 2.64. The molecule has 0 fully saturated rings. The number of amides is 1. The number of hydrogen-bond acceptors (Lipinski definition) is 3. The van der Waals surface area contributed by atoms with Crippen LogP contribution in [0, 0.1) is 0 Å². The lowest BCUT2D eigenvalue weighted by molar-refractivity contribution is 0.102. The number of benzene rings is 2. The van der Waals surface area contributed by atoms with Crippen LogP contribution in [0.15, 0.2) is 71.5 Å². The van der Waals surface area contributed by atoms with Crippen LogP contribution in [-0.4, -0.2) is 10.9 Å². The quantitative estimate of drug-likeness (QED) is 0.607. The largest absolute Gasteiger partial charge is 0.354 e. The fourth-order valence-electron chi connectivity index (χ4n) is 2.36. The molecule has 0 unspecified atom stereocenters. The molecule has 0 aliphatic carbocycles. The van der Waals surface area contributed by atoms with E-state index >= 15 is 0 Å². The Kier molecular flexibility index (Phi) is 5.46. The summed E-state index contributed by atoms with van der Waals surface area (Å²) < 4.78 is 0.965. The van der Waals surface area contributed by atoms with Crippen molar-refractivity contribution in [2.75, 3.05) is 10.6 Å². The van der Waals surface area contributed by atoms with Crippen molar-refractivity contribution in [1.82, 2.24) is 4.98 Å². The van der Waals surface area contributed by atoms with Gasteiger partial charge in [0.1, 0.15) is 0 Å². The Hall–Kier alpha value is -2.66. The summed E-state index contributed by atoms with van der Waals surface area (Å²) in [5.74, 6) is -0.195. The Bertz CT molecular complexity index is 861. The highest BCUT2D eigenvalue weighted by molar-refractivity contribution is 9.10. The molecule has 4 nitrogen and oxygen atoms in total. The monoisotopic (exact) mass is 395 g/mol. The predicted octanol–water partition coefficient (Wildman–Crippen LogP) is 5.40. The lowest BCUT2D eigenvalue weighted by Gasteiger charge is -2.09. The van der Waals surface area contributed by atoms with Crippen molar-refractivity contribution >= 4 is 38.9 Å². The minimum atomic E-state index is -0.195. The Morgan fingerprint density at radius 2 is 1.64 bits per heavy atom. The molecule has 0 bridgehead atoms. The van der Waals surface area contributed by atoms with Gasteiger partial charge in [-0.05, 0) is 54.4 Å². The van der Waals surface area contributed by atoms with E-state index < -0.39 is 0 Å². The SMILES string of the molecule is CCc1ccc(Nc2cncc(C(=O)Nc3ccc(Br)cc3)c2)cc1. The lowest BCUT2D eigenvalue weighted by atomic mass is 10.1. The molecule has 0 saturated carbocycles. The van der Waals surface area contributed by atoms with Crippen molar-refractivity contribution < 1.29 is 4.79 Å². The summed E-state index contributed by atoms with van der Waals surface area (Å²) in [7, 11) is 0. The molecule has 126 valence electrons. The number of hydrogen-bond donors (Lipinski definition) is 2. The Morgan fingerprint density at radius 3 is 2.32 bits per heavy atom. The van der Waals surface area contributed by atoms with Gasteiger partial charge in [-0.25, -0.2) is 0 Å². The van der Waals surface area contributed by atoms with Gasteiger partial charge in [0.05, 0.1) is 17.4 Å². The Morgan fingerprint density at radius 1 is 0.960 bits per heavy atom. The molecular formula is C20H18BrN3O. The molecule has 3 rings (SSSR count). The summed E-state index contributed by atoms with van der Waals surface area (Å²) in [5, 5.41) is 6.14. The van der Waals surface area contributed by atoms with E-state index in [9.17, 15) is 4.79 Å². The van der Waals surface area contributed by atoms with E-state index in [-0.39, 0.29) is 5.91 Å². The third-order valence-corrected chi connectivity index (χ3v) is 4.28. The average molecular weight is 396 g/mol. The Labute approximate surface area is 155 Å². The molecule has 5 heteroatoms. The van der Waals surface area contributed by atoms with Crippen LogP contribution in [0.3, 0.4) is 0 Å². The van der Waals surface area contributed by atoms with Crippen LogP contribution in [0.1, 0.15) is 22.8 Å². The first-order valence-electron chi connectivity index (χ1n) is 8.02. The van der Waals surface area contributed by atoms with Crippen LogP contribution in [0.25, 0.3) is 0 Å². The van der Waals surface area contributed by atoms with Gasteiger partial charge < -0.3 is 10.6 Å². The first-order chi connectivity index (χ1) is 12.1. The van der Waals surface area contributed by atoms with Gasteiger partial charge in [0.25, 0.3) is 5.91 Å². The van der Waals surface area contributed by atoms with Gasteiger partial charge in [-0.3, -0.25) is 9.78 Å². The molecule has 3 aromatic rings. The molecule has 0 atom stereocenters. The smallest absolute Gasteiger partial charge is 0.257 e. The first-order valence-corrected chi connectivity index (χ1v) is 8.81. The molecule has 0 radical (unpaired) electrons. The molecule has 1 amide bonds. The molecule has 2 N–H and O–H groups in total. The summed E-state index contributed by atoms with van der Waals surface area (Å²) >= 11 is 3.38. The third kappa shape index (κ3) is 4.67. The first kappa shape index (κ1) is 17.2. The van der Waals surface area contributed by atoms with E-state index in [1.54, 1.807) is 18.5 Å². The molecule has 1 aromatic heterocycles. The maximum absolute atomic E-state index is 12.4. The number of pyridine rings is 1. The molecule has 25 heavy (non-hydrogen) atoms. The molecule has 0 aliphatic rings. The predicted molar refractivity (Wildman–Crippen MR) is 105 cm³/mol. The highest BCUT2D eigenvalue weighted by Crippen LogP contribution is 2.19. The number of rotatable bonds is 5. The Balaban J connectivity index is 1.71. The van der Waals surface area contributed by atoms with Gasteiger partial charge in [-0.2, -0.15) is 0 Å². The van der Waals surface area contributed by atoms with Gasteiger partial charge in [0.15, 0.2) is 0 Å². The number of carbonyl (C=O) groups is 1. The van der Waals surface area contributed by atoms with E-state index in [2.05, 4.69) is 50.6 Å². The number of nitrogens with zero attached hydrogens (tertiary/aromatic N) is 1.